The highest BCUT2D eigenvalue weighted by molar-refractivity contribution is 5.80. The largest absolute Gasteiger partial charge is 0.493 e. The van der Waals surface area contributed by atoms with Gasteiger partial charge in [-0.05, 0) is 36.6 Å². The van der Waals surface area contributed by atoms with Gasteiger partial charge in [0.25, 0.3) is 0 Å². The Bertz CT molecular complexity index is 1190. The number of benzene rings is 2. The van der Waals surface area contributed by atoms with Crippen molar-refractivity contribution in [3.63, 3.8) is 0 Å². The van der Waals surface area contributed by atoms with Crippen LogP contribution in [0.15, 0.2) is 42.7 Å². The van der Waals surface area contributed by atoms with Crippen LogP contribution in [0.5, 0.6) is 28.7 Å². The number of likely N-dealkylation sites (tertiary alicyclic amines) is 1. The summed E-state index contributed by atoms with van der Waals surface area (Å²) in [5.74, 6) is 4.44. The van der Waals surface area contributed by atoms with Gasteiger partial charge in [0.1, 0.15) is 5.82 Å². The molecule has 0 spiro atoms. The van der Waals surface area contributed by atoms with Crippen molar-refractivity contribution in [3.05, 3.63) is 59.7 Å². The molecule has 1 aliphatic rings. The number of hydrogen-bond acceptors (Lipinski definition) is 7. The molecule has 0 aliphatic carbocycles. The number of nitrogens with zero attached hydrogens (tertiary/aromatic N) is 3. The van der Waals surface area contributed by atoms with E-state index in [1.165, 1.54) is 0 Å². The molecule has 2 aromatic carbocycles. The molecule has 0 saturated carbocycles. The summed E-state index contributed by atoms with van der Waals surface area (Å²) in [6.07, 6.45) is 5.81. The van der Waals surface area contributed by atoms with Crippen molar-refractivity contribution in [2.24, 2.45) is 0 Å². The molecule has 1 amide bonds. The molecule has 2 heterocycles. The number of carbonyl (C=O) groups is 1. The third-order valence-corrected chi connectivity index (χ3v) is 6.86. The van der Waals surface area contributed by atoms with Gasteiger partial charge in [-0.15, -0.1) is 0 Å². The van der Waals surface area contributed by atoms with Crippen LogP contribution in [0.2, 0.25) is 0 Å². The predicted octanol–water partition coefficient (Wildman–Crippen LogP) is 3.92. The van der Waals surface area contributed by atoms with E-state index in [0.29, 0.717) is 48.4 Å². The molecule has 1 saturated heterocycles. The van der Waals surface area contributed by atoms with Gasteiger partial charge in [0.15, 0.2) is 23.0 Å². The minimum Gasteiger partial charge on any atom is -0.493 e. The Morgan fingerprint density at radius 3 is 2.14 bits per heavy atom. The van der Waals surface area contributed by atoms with Crippen molar-refractivity contribution >= 4 is 5.91 Å². The normalized spacial score (nSPS) is 13.8. The van der Waals surface area contributed by atoms with Crippen molar-refractivity contribution < 1.29 is 28.5 Å². The summed E-state index contributed by atoms with van der Waals surface area (Å²) in [6, 6.07) is 9.53. The zero-order valence-electron chi connectivity index (χ0n) is 22.2. The number of methoxy groups -OCH3 is 5. The van der Waals surface area contributed by atoms with E-state index in [1.54, 1.807) is 35.5 Å². The van der Waals surface area contributed by atoms with E-state index < -0.39 is 0 Å². The molecular weight excluding hydrogens is 474 g/mol. The maximum atomic E-state index is 13.1. The van der Waals surface area contributed by atoms with Crippen molar-refractivity contribution in [2.45, 2.75) is 31.7 Å². The van der Waals surface area contributed by atoms with Gasteiger partial charge < -0.3 is 33.2 Å². The summed E-state index contributed by atoms with van der Waals surface area (Å²) in [4.78, 5) is 19.7. The minimum atomic E-state index is 0.0887. The van der Waals surface area contributed by atoms with Crippen LogP contribution < -0.4 is 23.7 Å². The topological polar surface area (TPSA) is 84.3 Å². The molecular formula is C28H35N3O6. The number of imidazole rings is 1. The Labute approximate surface area is 217 Å². The predicted molar refractivity (Wildman–Crippen MR) is 139 cm³/mol. The first-order chi connectivity index (χ1) is 18.0. The maximum absolute atomic E-state index is 13.1. The second-order valence-corrected chi connectivity index (χ2v) is 8.93. The lowest BCUT2D eigenvalue weighted by Gasteiger charge is -2.32. The first-order valence-corrected chi connectivity index (χ1v) is 12.3. The zero-order chi connectivity index (χ0) is 26.4. The van der Waals surface area contributed by atoms with Gasteiger partial charge in [-0.1, -0.05) is 12.1 Å². The standard InChI is InChI=1S/C28H35N3O6/c1-33-22-8-6-7-21(26(22)36-4)17-25(32)30-12-9-20(10-13-30)28-29-11-14-31(28)18-19-15-23(34-2)27(37-5)24(16-19)35-3/h6-8,11,14-16,20H,9-10,12-13,17-18H2,1-5H3. The van der Waals surface area contributed by atoms with Gasteiger partial charge in [-0.25, -0.2) is 4.98 Å². The van der Waals surface area contributed by atoms with Crippen LogP contribution >= 0.6 is 0 Å². The quantitative estimate of drug-likeness (QED) is 0.410. The molecule has 0 bridgehead atoms. The van der Waals surface area contributed by atoms with Crippen LogP contribution in [0.1, 0.15) is 35.7 Å². The molecule has 0 radical (unpaired) electrons. The SMILES string of the molecule is COc1cccc(CC(=O)N2CCC(c3nccn3Cc3cc(OC)c(OC)c(OC)c3)CC2)c1OC. The summed E-state index contributed by atoms with van der Waals surface area (Å²) >= 11 is 0. The molecule has 0 unspecified atom stereocenters. The molecule has 4 rings (SSSR count). The lowest BCUT2D eigenvalue weighted by Crippen LogP contribution is -2.39. The molecule has 1 aliphatic heterocycles. The Balaban J connectivity index is 1.42. The van der Waals surface area contributed by atoms with E-state index in [9.17, 15) is 4.79 Å². The highest BCUT2D eigenvalue weighted by atomic mass is 16.5. The van der Waals surface area contributed by atoms with E-state index in [0.717, 1.165) is 29.8 Å². The number of rotatable bonds is 10. The lowest BCUT2D eigenvalue weighted by atomic mass is 9.95. The molecule has 1 fully saturated rings. The van der Waals surface area contributed by atoms with Crippen molar-refractivity contribution in [1.82, 2.24) is 14.5 Å². The fourth-order valence-corrected chi connectivity index (χ4v) is 4.99. The fourth-order valence-electron chi connectivity index (χ4n) is 4.99. The molecule has 1 aromatic heterocycles. The number of para-hydroxylation sites is 1. The van der Waals surface area contributed by atoms with Gasteiger partial charge in [0.2, 0.25) is 11.7 Å². The molecule has 9 heteroatoms. The third-order valence-electron chi connectivity index (χ3n) is 6.86. The van der Waals surface area contributed by atoms with E-state index in [4.69, 9.17) is 23.7 Å². The van der Waals surface area contributed by atoms with Crippen molar-refractivity contribution in [2.75, 3.05) is 48.6 Å². The van der Waals surface area contributed by atoms with Gasteiger partial charge in [0.05, 0.1) is 42.0 Å². The Morgan fingerprint density at radius 2 is 1.54 bits per heavy atom. The smallest absolute Gasteiger partial charge is 0.227 e. The van der Waals surface area contributed by atoms with Gasteiger partial charge in [-0.3, -0.25) is 4.79 Å². The Morgan fingerprint density at radius 1 is 0.892 bits per heavy atom. The Kier molecular flexibility index (Phi) is 8.43. The van der Waals surface area contributed by atoms with Crippen LogP contribution in [0.25, 0.3) is 0 Å². The Hall–Kier alpha value is -3.88. The summed E-state index contributed by atoms with van der Waals surface area (Å²) in [5.41, 5.74) is 1.85. The van der Waals surface area contributed by atoms with E-state index in [-0.39, 0.29) is 18.2 Å². The molecule has 198 valence electrons. The van der Waals surface area contributed by atoms with Crippen LogP contribution in [0.3, 0.4) is 0 Å². The first-order valence-electron chi connectivity index (χ1n) is 12.3. The number of aromatic nitrogens is 2. The molecule has 9 nitrogen and oxygen atoms in total. The molecule has 0 N–H and O–H groups in total. The number of hydrogen-bond donors (Lipinski definition) is 0. The number of piperidine rings is 1. The summed E-state index contributed by atoms with van der Waals surface area (Å²) in [5, 5.41) is 0. The fraction of sp³-hybridized carbons (Fsp3) is 0.429. The number of carbonyl (C=O) groups excluding carboxylic acids is 1. The first kappa shape index (κ1) is 26.2. The molecule has 0 atom stereocenters. The lowest BCUT2D eigenvalue weighted by molar-refractivity contribution is -0.131. The monoisotopic (exact) mass is 509 g/mol. The number of ether oxygens (including phenoxy) is 5. The zero-order valence-corrected chi connectivity index (χ0v) is 22.2. The second kappa shape index (κ2) is 11.9. The van der Waals surface area contributed by atoms with Crippen LogP contribution in [0.4, 0.5) is 0 Å². The van der Waals surface area contributed by atoms with Gasteiger partial charge in [0, 0.05) is 43.5 Å². The third kappa shape index (κ3) is 5.60. The van der Waals surface area contributed by atoms with E-state index in [2.05, 4.69) is 9.55 Å². The average Bonchev–Trinajstić information content (AvgIpc) is 3.40. The van der Waals surface area contributed by atoms with E-state index >= 15 is 0 Å². The molecule has 37 heavy (non-hydrogen) atoms. The van der Waals surface area contributed by atoms with Crippen LogP contribution in [-0.2, 0) is 17.8 Å². The minimum absolute atomic E-state index is 0.0887. The average molecular weight is 510 g/mol. The van der Waals surface area contributed by atoms with Crippen LogP contribution in [0, 0.1) is 0 Å². The highest BCUT2D eigenvalue weighted by Crippen LogP contribution is 2.39. The van der Waals surface area contributed by atoms with Gasteiger partial charge >= 0.3 is 0 Å². The number of amides is 1. The van der Waals surface area contributed by atoms with Crippen molar-refractivity contribution in [1.29, 1.82) is 0 Å². The summed E-state index contributed by atoms with van der Waals surface area (Å²) < 4.78 is 29.5. The molecule has 3 aromatic rings. The summed E-state index contributed by atoms with van der Waals surface area (Å²) in [6.45, 7) is 2.00. The highest BCUT2D eigenvalue weighted by Gasteiger charge is 2.27. The summed E-state index contributed by atoms with van der Waals surface area (Å²) in [7, 11) is 8.02. The van der Waals surface area contributed by atoms with Crippen LogP contribution in [-0.4, -0.2) is 69.0 Å². The maximum Gasteiger partial charge on any atom is 0.227 e. The van der Waals surface area contributed by atoms with Gasteiger partial charge in [-0.2, -0.15) is 0 Å². The second-order valence-electron chi connectivity index (χ2n) is 8.93. The van der Waals surface area contributed by atoms with E-state index in [1.807, 2.05) is 47.6 Å². The van der Waals surface area contributed by atoms with Crippen molar-refractivity contribution in [3.8, 4) is 28.7 Å².